The second-order valence-corrected chi connectivity index (χ2v) is 22.0. The molecule has 3 aromatic carbocycles. The van der Waals surface area contributed by atoms with Gasteiger partial charge in [-0.2, -0.15) is 17.0 Å². The molecule has 8 atom stereocenters. The monoisotopic (exact) mass is 1040 g/mol. The van der Waals surface area contributed by atoms with Crippen molar-refractivity contribution in [3.63, 3.8) is 0 Å². The van der Waals surface area contributed by atoms with Crippen LogP contribution in [0.4, 0.5) is 0 Å². The zero-order valence-corrected chi connectivity index (χ0v) is 43.8. The van der Waals surface area contributed by atoms with Crippen LogP contribution in [0, 0.1) is 24.2 Å². The van der Waals surface area contributed by atoms with Crippen LogP contribution in [-0.2, 0) is 38.4 Å². The minimum atomic E-state index is -3.73. The predicted molar refractivity (Wildman–Crippen MR) is 274 cm³/mol. The average molecular weight is 1040 g/mol. The first-order valence-corrected chi connectivity index (χ1v) is 27.0. The van der Waals surface area contributed by atoms with E-state index < -0.39 is 84.4 Å². The largest absolute Gasteiger partial charge is 0.497 e. The summed E-state index contributed by atoms with van der Waals surface area (Å²) in [5, 5.41) is 9.67. The third-order valence-electron chi connectivity index (χ3n) is 13.0. The molecule has 21 heteroatoms. The number of aromatic amines is 2. The average Bonchev–Trinajstić information content (AvgIpc) is 3.91. The van der Waals surface area contributed by atoms with E-state index in [0.29, 0.717) is 11.5 Å². The van der Waals surface area contributed by atoms with Crippen LogP contribution < -0.4 is 32.0 Å². The molecule has 2 aromatic heterocycles. The number of nitrogens with one attached hydrogen (secondary N) is 2. The highest BCUT2D eigenvalue weighted by atomic mass is 32.2. The van der Waals surface area contributed by atoms with Crippen molar-refractivity contribution in [2.75, 3.05) is 38.5 Å². The van der Waals surface area contributed by atoms with Crippen LogP contribution in [0.2, 0.25) is 0 Å². The third kappa shape index (κ3) is 12.2. The molecule has 390 valence electrons. The molecule has 0 spiro atoms. The van der Waals surface area contributed by atoms with Crippen molar-refractivity contribution in [3.05, 3.63) is 161 Å². The lowest BCUT2D eigenvalue weighted by atomic mass is 9.80. The topological polar surface area (TPSA) is 235 Å². The minimum Gasteiger partial charge on any atom is -0.497 e. The molecule has 1 unspecified atom stereocenters. The van der Waals surface area contributed by atoms with Gasteiger partial charge in [0.2, 0.25) is 0 Å². The van der Waals surface area contributed by atoms with Crippen molar-refractivity contribution in [1.29, 1.82) is 5.26 Å². The number of benzene rings is 3. The third-order valence-corrected chi connectivity index (χ3v) is 17.2. The van der Waals surface area contributed by atoms with E-state index in [-0.39, 0.29) is 54.8 Å². The standard InChI is InChI=1S/C52H63N6O13PS/c1-32(2)58(33(3)4)72(64,26-12-24-53)71-42-27-46(57-28-34(5)48(61)55-51(57)63)69-44(42)31-73-30-41-43(70-49(47(41)68-35(6)59)56-25-23-45(60)54-50(56)62)29-67-52(36-13-10-9-11-14-36,37-15-19-39(65-7)20-16-37)38-17-21-40(66-8)22-18-38/h9-11,13-23,25,28,32-33,41-44,46-47,49H,12,26-27,29-31H2,1-8H3,(H,54,60,62)(H,55,61,63)/t41-,42+,43-,44-,46-,47-,49-,72?/m1/s1. The van der Waals surface area contributed by atoms with Crippen molar-refractivity contribution in [2.24, 2.45) is 5.92 Å². The smallest absolute Gasteiger partial charge is 0.330 e. The molecule has 73 heavy (non-hydrogen) atoms. The Morgan fingerprint density at radius 1 is 0.849 bits per heavy atom. The van der Waals surface area contributed by atoms with Crippen molar-refractivity contribution in [1.82, 2.24) is 23.8 Å². The van der Waals surface area contributed by atoms with Gasteiger partial charge in [-0.3, -0.25) is 38.1 Å². The summed E-state index contributed by atoms with van der Waals surface area (Å²) in [6.45, 7) is 10.3. The molecule has 0 aliphatic carbocycles. The van der Waals surface area contributed by atoms with Crippen molar-refractivity contribution in [2.45, 2.75) is 109 Å². The fourth-order valence-corrected chi connectivity index (χ4v) is 14.0. The van der Waals surface area contributed by atoms with E-state index in [0.717, 1.165) is 16.7 Å². The van der Waals surface area contributed by atoms with Crippen LogP contribution >= 0.6 is 19.3 Å². The quantitative estimate of drug-likeness (QED) is 0.0428. The summed E-state index contributed by atoms with van der Waals surface area (Å²) in [7, 11) is -0.565. The van der Waals surface area contributed by atoms with Crippen molar-refractivity contribution >= 4 is 25.3 Å². The van der Waals surface area contributed by atoms with E-state index in [1.54, 1.807) is 25.8 Å². The number of esters is 1. The van der Waals surface area contributed by atoms with E-state index >= 15 is 4.57 Å². The lowest BCUT2D eigenvalue weighted by molar-refractivity contribution is -0.154. The maximum absolute atomic E-state index is 15.1. The van der Waals surface area contributed by atoms with Gasteiger partial charge in [-0.15, -0.1) is 0 Å². The van der Waals surface area contributed by atoms with Gasteiger partial charge in [-0.25, -0.2) is 14.3 Å². The molecule has 4 heterocycles. The maximum Gasteiger partial charge on any atom is 0.330 e. The van der Waals surface area contributed by atoms with Crippen molar-refractivity contribution < 1.29 is 42.3 Å². The number of ether oxygens (including phenoxy) is 6. The number of carbonyl (C=O) groups is 1. The Kier molecular flexibility index (Phi) is 17.9. The second kappa shape index (κ2) is 23.9. The first-order valence-electron chi connectivity index (χ1n) is 24.0. The molecular weight excluding hydrogens is 980 g/mol. The molecule has 19 nitrogen and oxygen atoms in total. The Labute approximate surface area is 427 Å². The Morgan fingerprint density at radius 3 is 2.01 bits per heavy atom. The van der Waals surface area contributed by atoms with Crippen LogP contribution in [0.1, 0.15) is 82.2 Å². The zero-order valence-electron chi connectivity index (χ0n) is 42.1. The molecule has 0 saturated carbocycles. The molecule has 5 aromatic rings. The van der Waals surface area contributed by atoms with Crippen LogP contribution in [-0.4, -0.2) is 105 Å². The Hall–Kier alpha value is -6.04. The van der Waals surface area contributed by atoms with E-state index in [2.05, 4.69) is 16.0 Å². The van der Waals surface area contributed by atoms with Gasteiger partial charge in [-0.1, -0.05) is 54.6 Å². The van der Waals surface area contributed by atoms with Gasteiger partial charge in [0.25, 0.3) is 18.6 Å². The fraction of sp³-hybridized carbons (Fsp3) is 0.462. The number of nitriles is 1. The van der Waals surface area contributed by atoms with Crippen LogP contribution in [0.5, 0.6) is 11.5 Å². The van der Waals surface area contributed by atoms with Gasteiger partial charge in [-0.05, 0) is 75.6 Å². The number of hydrogen-bond donors (Lipinski definition) is 2. The number of aryl methyl sites for hydroxylation is 1. The molecule has 2 aliphatic heterocycles. The van der Waals surface area contributed by atoms with E-state index in [9.17, 15) is 29.2 Å². The Bertz CT molecular complexity index is 2950. The summed E-state index contributed by atoms with van der Waals surface area (Å²) in [5.74, 6) is 0.304. The molecule has 0 bridgehead atoms. The number of methoxy groups -OCH3 is 2. The lowest BCUT2D eigenvalue weighted by Gasteiger charge is -2.38. The molecule has 2 aliphatic rings. The van der Waals surface area contributed by atoms with Crippen LogP contribution in [0.15, 0.2) is 117 Å². The molecule has 7 rings (SSSR count). The molecule has 2 fully saturated rings. The zero-order chi connectivity index (χ0) is 52.6. The Morgan fingerprint density at radius 2 is 1.45 bits per heavy atom. The van der Waals surface area contributed by atoms with Gasteiger partial charge in [0.1, 0.15) is 23.3 Å². The maximum atomic E-state index is 15.1. The van der Waals surface area contributed by atoms with Gasteiger partial charge in [0.15, 0.2) is 12.3 Å². The lowest BCUT2D eigenvalue weighted by Crippen LogP contribution is -2.40. The van der Waals surface area contributed by atoms with Gasteiger partial charge in [0, 0.05) is 73.3 Å². The predicted octanol–water partition coefficient (Wildman–Crippen LogP) is 6.50. The molecule has 2 N–H and O–H groups in total. The van der Waals surface area contributed by atoms with E-state index in [1.807, 2.05) is 107 Å². The summed E-state index contributed by atoms with van der Waals surface area (Å²) < 4.78 is 63.9. The molecule has 0 radical (unpaired) electrons. The van der Waals surface area contributed by atoms with Crippen molar-refractivity contribution in [3.8, 4) is 17.6 Å². The normalized spacial score (nSPS) is 21.8. The molecule has 0 amide bonds. The number of hydrogen-bond acceptors (Lipinski definition) is 15. The van der Waals surface area contributed by atoms with E-state index in [4.69, 9.17) is 32.9 Å². The number of H-pyrrole nitrogens is 2. The summed E-state index contributed by atoms with van der Waals surface area (Å²) in [6.07, 6.45) is -3.11. The summed E-state index contributed by atoms with van der Waals surface area (Å²) >= 11 is 1.39. The number of aromatic nitrogens is 4. The van der Waals surface area contributed by atoms with Gasteiger partial charge in [0.05, 0.1) is 51.4 Å². The van der Waals surface area contributed by atoms with Gasteiger partial charge >= 0.3 is 17.3 Å². The highest BCUT2D eigenvalue weighted by Gasteiger charge is 2.51. The summed E-state index contributed by atoms with van der Waals surface area (Å²) in [6, 6.07) is 27.5. The van der Waals surface area contributed by atoms with Gasteiger partial charge < -0.3 is 32.9 Å². The molecule has 2 saturated heterocycles. The second-order valence-electron chi connectivity index (χ2n) is 18.5. The van der Waals surface area contributed by atoms with Crippen LogP contribution in [0.3, 0.4) is 0 Å². The summed E-state index contributed by atoms with van der Waals surface area (Å²) in [5.41, 5.74) is -1.40. The first-order chi connectivity index (χ1) is 34.9. The number of carbonyl (C=O) groups excluding carboxylic acids is 1. The van der Waals surface area contributed by atoms with Crippen LogP contribution in [0.25, 0.3) is 0 Å². The molecular formula is C52H63N6O13PS. The number of thioether (sulfide) groups is 1. The summed E-state index contributed by atoms with van der Waals surface area (Å²) in [4.78, 5) is 69.2. The SMILES string of the molecule is COc1ccc(C(OC[C@H]2O[C@@H](n3ccc(=O)[nH]c3=O)[C@H](OC(C)=O)[C@@H]2CSC[C@H]2O[C@@H](n3cc(C)c(=O)[nH]c3=O)C[C@@H]2OP(=O)(CCC#N)N(C(C)C)C(C)C)(c2ccccc2)c2ccc(OC)cc2)cc1. The Balaban J connectivity index is 1.28. The first kappa shape index (κ1) is 54.7. The van der Waals surface area contributed by atoms with E-state index in [1.165, 1.54) is 46.3 Å². The number of nitrogens with zero attached hydrogens (tertiary/aromatic N) is 4. The fourth-order valence-electron chi connectivity index (χ4n) is 9.79. The highest BCUT2D eigenvalue weighted by Crippen LogP contribution is 2.57. The number of rotatable bonds is 22. The highest BCUT2D eigenvalue weighted by molar-refractivity contribution is 7.99. The minimum absolute atomic E-state index is 0.0348.